The number of rotatable bonds is 4. The zero-order valence-corrected chi connectivity index (χ0v) is 16.5. The molecule has 0 N–H and O–H groups in total. The molecular weight excluding hydrogens is 379 g/mol. The maximum absolute atomic E-state index is 13.4. The molecule has 29 heavy (non-hydrogen) atoms. The second kappa shape index (κ2) is 7.21. The topological polar surface area (TPSA) is 29.5 Å². The number of piperidine rings is 1. The summed E-state index contributed by atoms with van der Waals surface area (Å²) in [5.74, 6) is 3.15. The quantitative estimate of drug-likeness (QED) is 0.687. The second-order valence-electron chi connectivity index (χ2n) is 9.69. The first-order chi connectivity index (χ1) is 13.9. The van der Waals surface area contributed by atoms with Gasteiger partial charge < -0.3 is 9.64 Å². The molecule has 1 aromatic rings. The van der Waals surface area contributed by atoms with Crippen LogP contribution in [0, 0.1) is 29.6 Å². The number of amides is 1. The van der Waals surface area contributed by atoms with Crippen molar-refractivity contribution in [2.75, 3.05) is 6.54 Å². The van der Waals surface area contributed by atoms with Crippen molar-refractivity contribution < 1.29 is 22.7 Å². The zero-order chi connectivity index (χ0) is 20.2. The van der Waals surface area contributed by atoms with E-state index in [2.05, 4.69) is 9.64 Å². The van der Waals surface area contributed by atoms with Gasteiger partial charge >= 0.3 is 6.36 Å². The van der Waals surface area contributed by atoms with Crippen LogP contribution in [0.4, 0.5) is 13.2 Å². The Kier molecular flexibility index (Phi) is 4.78. The third kappa shape index (κ3) is 3.87. The van der Waals surface area contributed by atoms with Gasteiger partial charge in [-0.25, -0.2) is 0 Å². The summed E-state index contributed by atoms with van der Waals surface area (Å²) in [5.41, 5.74) is 0.893. The standard InChI is InChI=1S/C23H28F3NO2/c24-23(25,26)29-20-5-3-14(4-6-20)9-17-2-1-7-27(22(17)28)21-18-10-15-8-16(12-18)13-19(21)11-15/h3-6,15-19,21H,1-2,7-13H2. The summed E-state index contributed by atoms with van der Waals surface area (Å²) in [4.78, 5) is 15.6. The molecule has 4 bridgehead atoms. The lowest BCUT2D eigenvalue weighted by Gasteiger charge is -2.58. The molecule has 3 nitrogen and oxygen atoms in total. The SMILES string of the molecule is O=C1C(Cc2ccc(OC(F)(F)F)cc2)CCCN1C1C2CC3CC(C2)CC1C3. The Bertz CT molecular complexity index is 732. The van der Waals surface area contributed by atoms with E-state index in [0.717, 1.165) is 36.8 Å². The third-order valence-electron chi connectivity index (χ3n) is 7.76. The van der Waals surface area contributed by atoms with E-state index in [4.69, 9.17) is 0 Å². The maximum atomic E-state index is 13.4. The number of alkyl halides is 3. The van der Waals surface area contributed by atoms with E-state index in [-0.39, 0.29) is 17.6 Å². The molecule has 4 saturated carbocycles. The lowest BCUT2D eigenvalue weighted by atomic mass is 9.53. The molecule has 1 aliphatic heterocycles. The van der Waals surface area contributed by atoms with Crippen LogP contribution in [-0.2, 0) is 11.2 Å². The molecule has 5 fully saturated rings. The Balaban J connectivity index is 1.26. The van der Waals surface area contributed by atoms with Crippen LogP contribution < -0.4 is 4.74 Å². The Labute approximate surface area is 169 Å². The highest BCUT2D eigenvalue weighted by molar-refractivity contribution is 5.80. The minimum atomic E-state index is -4.68. The fraction of sp³-hybridized carbons (Fsp3) is 0.696. The zero-order valence-electron chi connectivity index (χ0n) is 16.5. The summed E-state index contributed by atoms with van der Waals surface area (Å²) < 4.78 is 41.0. The molecule has 5 aliphatic rings. The van der Waals surface area contributed by atoms with E-state index < -0.39 is 6.36 Å². The summed E-state index contributed by atoms with van der Waals surface area (Å²) in [5, 5.41) is 0. The molecule has 4 aliphatic carbocycles. The number of carbonyl (C=O) groups excluding carboxylic acids is 1. The van der Waals surface area contributed by atoms with Crippen LogP contribution in [0.25, 0.3) is 0 Å². The average molecular weight is 407 g/mol. The molecule has 158 valence electrons. The predicted octanol–water partition coefficient (Wildman–Crippen LogP) is 5.19. The normalized spacial score (nSPS) is 36.5. The van der Waals surface area contributed by atoms with Gasteiger partial charge in [0.15, 0.2) is 0 Å². The fourth-order valence-corrected chi connectivity index (χ4v) is 6.98. The van der Waals surface area contributed by atoms with Crippen LogP contribution in [0.15, 0.2) is 24.3 Å². The first-order valence-corrected chi connectivity index (χ1v) is 11.0. The number of hydrogen-bond donors (Lipinski definition) is 0. The van der Waals surface area contributed by atoms with Crippen molar-refractivity contribution in [3.8, 4) is 5.75 Å². The van der Waals surface area contributed by atoms with Gasteiger partial charge in [-0.2, -0.15) is 0 Å². The van der Waals surface area contributed by atoms with Gasteiger partial charge in [-0.3, -0.25) is 4.79 Å². The van der Waals surface area contributed by atoms with Gasteiger partial charge in [0.25, 0.3) is 0 Å². The molecule has 1 saturated heterocycles. The first kappa shape index (κ1) is 19.3. The van der Waals surface area contributed by atoms with Crippen LogP contribution in [0.5, 0.6) is 5.75 Å². The predicted molar refractivity (Wildman–Crippen MR) is 102 cm³/mol. The highest BCUT2D eigenvalue weighted by Crippen LogP contribution is 2.55. The number of carbonyl (C=O) groups is 1. The molecule has 1 aromatic carbocycles. The largest absolute Gasteiger partial charge is 0.573 e. The average Bonchev–Trinajstić information content (AvgIpc) is 2.64. The highest BCUT2D eigenvalue weighted by atomic mass is 19.4. The van der Waals surface area contributed by atoms with E-state index in [1.54, 1.807) is 12.1 Å². The molecular formula is C23H28F3NO2. The van der Waals surface area contributed by atoms with Crippen molar-refractivity contribution in [1.82, 2.24) is 4.90 Å². The molecule has 0 aromatic heterocycles. The van der Waals surface area contributed by atoms with Gasteiger partial charge in [0.05, 0.1) is 0 Å². The number of hydrogen-bond acceptors (Lipinski definition) is 2. The Morgan fingerprint density at radius 2 is 1.59 bits per heavy atom. The van der Waals surface area contributed by atoms with Gasteiger partial charge in [0.1, 0.15) is 5.75 Å². The number of likely N-dealkylation sites (tertiary alicyclic amines) is 1. The lowest BCUT2D eigenvalue weighted by Crippen LogP contribution is -2.59. The van der Waals surface area contributed by atoms with Crippen molar-refractivity contribution >= 4 is 5.91 Å². The van der Waals surface area contributed by atoms with Crippen LogP contribution >= 0.6 is 0 Å². The smallest absolute Gasteiger partial charge is 0.406 e. The van der Waals surface area contributed by atoms with E-state index >= 15 is 0 Å². The van der Waals surface area contributed by atoms with E-state index in [9.17, 15) is 18.0 Å². The summed E-state index contributed by atoms with van der Waals surface area (Å²) in [6.45, 7) is 0.876. The monoisotopic (exact) mass is 407 g/mol. The first-order valence-electron chi connectivity index (χ1n) is 11.0. The summed E-state index contributed by atoms with van der Waals surface area (Å²) in [6, 6.07) is 6.41. The van der Waals surface area contributed by atoms with Crippen molar-refractivity contribution in [2.24, 2.45) is 29.6 Å². The maximum Gasteiger partial charge on any atom is 0.573 e. The number of halogens is 3. The second-order valence-corrected chi connectivity index (χ2v) is 9.69. The highest BCUT2D eigenvalue weighted by Gasteiger charge is 2.51. The molecule has 6 rings (SSSR count). The van der Waals surface area contributed by atoms with E-state index in [0.29, 0.717) is 24.3 Å². The van der Waals surface area contributed by atoms with E-state index in [1.165, 1.54) is 44.2 Å². The minimum absolute atomic E-state index is 0.0599. The van der Waals surface area contributed by atoms with Crippen molar-refractivity contribution in [3.63, 3.8) is 0 Å². The summed E-state index contributed by atoms with van der Waals surface area (Å²) in [7, 11) is 0. The summed E-state index contributed by atoms with van der Waals surface area (Å²) >= 11 is 0. The van der Waals surface area contributed by atoms with Crippen LogP contribution in [0.1, 0.15) is 50.5 Å². The molecule has 1 heterocycles. The van der Waals surface area contributed by atoms with Gasteiger partial charge in [-0.15, -0.1) is 13.2 Å². The van der Waals surface area contributed by atoms with Gasteiger partial charge in [-0.05, 0) is 92.7 Å². The van der Waals surface area contributed by atoms with Crippen molar-refractivity contribution in [1.29, 1.82) is 0 Å². The molecule has 0 radical (unpaired) electrons. The Morgan fingerprint density at radius 1 is 0.966 bits per heavy atom. The Hall–Kier alpha value is -1.72. The molecule has 1 unspecified atom stereocenters. The summed E-state index contributed by atoms with van der Waals surface area (Å²) in [6.07, 6.45) is 4.40. The molecule has 0 spiro atoms. The van der Waals surface area contributed by atoms with Crippen LogP contribution in [0.2, 0.25) is 0 Å². The minimum Gasteiger partial charge on any atom is -0.406 e. The fourth-order valence-electron chi connectivity index (χ4n) is 6.98. The number of benzene rings is 1. The van der Waals surface area contributed by atoms with Crippen LogP contribution in [0.3, 0.4) is 0 Å². The van der Waals surface area contributed by atoms with Crippen molar-refractivity contribution in [2.45, 2.75) is 63.8 Å². The van der Waals surface area contributed by atoms with Gasteiger partial charge in [-0.1, -0.05) is 12.1 Å². The van der Waals surface area contributed by atoms with Gasteiger partial charge in [0.2, 0.25) is 5.91 Å². The molecule has 6 heteroatoms. The van der Waals surface area contributed by atoms with E-state index in [1.807, 2.05) is 0 Å². The number of nitrogens with zero attached hydrogens (tertiary/aromatic N) is 1. The van der Waals surface area contributed by atoms with Crippen LogP contribution in [-0.4, -0.2) is 29.8 Å². The van der Waals surface area contributed by atoms with Crippen molar-refractivity contribution in [3.05, 3.63) is 29.8 Å². The van der Waals surface area contributed by atoms with Gasteiger partial charge in [0, 0.05) is 18.5 Å². The Morgan fingerprint density at radius 3 is 2.17 bits per heavy atom. The molecule has 1 amide bonds. The lowest BCUT2D eigenvalue weighted by molar-refractivity contribution is -0.274. The third-order valence-corrected chi connectivity index (χ3v) is 7.76. The number of ether oxygens (including phenoxy) is 1. The molecule has 1 atom stereocenters.